The Balaban J connectivity index is 2.07. The van der Waals surface area contributed by atoms with Crippen LogP contribution in [0.4, 0.5) is 0 Å². The second kappa shape index (κ2) is 11.0. The number of hydrogen-bond acceptors (Lipinski definition) is 7. The van der Waals surface area contributed by atoms with Gasteiger partial charge in [0.25, 0.3) is 11.7 Å². The molecule has 188 valence electrons. The number of ketones is 1. The molecule has 9 nitrogen and oxygen atoms in total. The molecule has 1 amide bonds. The van der Waals surface area contributed by atoms with Gasteiger partial charge in [-0.1, -0.05) is 26.0 Å². The van der Waals surface area contributed by atoms with Crippen molar-refractivity contribution < 1.29 is 33.0 Å². The topological polar surface area (TPSA) is 124 Å². The minimum absolute atomic E-state index is 0.0232. The minimum atomic E-state index is -3.69. The summed E-state index contributed by atoms with van der Waals surface area (Å²) in [5, 5.41) is 20.8. The first-order valence-electron chi connectivity index (χ1n) is 11.3. The standard InChI is InChI=1S/C25H30N2O7S/c1-4-26(5-2)35(32,33)20-13-9-18(10-14-20)23(29)21-22(17-7-11-19(28)12-8-17)27(15-6-16-34-3)25(31)24(21)30/h7-14,22,28-29H,4-6,15-16H2,1-3H3. The third-order valence-corrected chi connectivity index (χ3v) is 8.03. The molecule has 2 aromatic carbocycles. The lowest BCUT2D eigenvalue weighted by atomic mass is 9.95. The maximum atomic E-state index is 13.0. The number of aromatic hydroxyl groups is 1. The van der Waals surface area contributed by atoms with Crippen molar-refractivity contribution in [2.75, 3.05) is 33.4 Å². The van der Waals surface area contributed by atoms with Gasteiger partial charge in [0.2, 0.25) is 10.0 Å². The van der Waals surface area contributed by atoms with Crippen molar-refractivity contribution in [1.82, 2.24) is 9.21 Å². The highest BCUT2D eigenvalue weighted by Crippen LogP contribution is 2.40. The van der Waals surface area contributed by atoms with Crippen LogP contribution < -0.4 is 0 Å². The van der Waals surface area contributed by atoms with E-state index in [2.05, 4.69) is 0 Å². The van der Waals surface area contributed by atoms with E-state index in [9.17, 15) is 28.2 Å². The van der Waals surface area contributed by atoms with Gasteiger partial charge in [-0.3, -0.25) is 9.59 Å². The van der Waals surface area contributed by atoms with Gasteiger partial charge in [0.15, 0.2) is 0 Å². The fraction of sp³-hybridized carbons (Fsp3) is 0.360. The Morgan fingerprint density at radius 2 is 1.63 bits per heavy atom. The van der Waals surface area contributed by atoms with Crippen LogP contribution in [0.25, 0.3) is 5.76 Å². The van der Waals surface area contributed by atoms with Crippen molar-refractivity contribution in [3.8, 4) is 5.75 Å². The van der Waals surface area contributed by atoms with E-state index in [0.717, 1.165) is 0 Å². The molecule has 0 spiro atoms. The zero-order valence-corrected chi connectivity index (χ0v) is 20.8. The van der Waals surface area contributed by atoms with Gasteiger partial charge in [-0.15, -0.1) is 0 Å². The van der Waals surface area contributed by atoms with E-state index in [0.29, 0.717) is 31.7 Å². The number of sulfonamides is 1. The molecule has 2 N–H and O–H groups in total. The van der Waals surface area contributed by atoms with Crippen molar-refractivity contribution in [1.29, 1.82) is 0 Å². The largest absolute Gasteiger partial charge is 0.508 e. The molecule has 2 aromatic rings. The fourth-order valence-electron chi connectivity index (χ4n) is 4.15. The number of carbonyl (C=O) groups is 2. The highest BCUT2D eigenvalue weighted by atomic mass is 32.2. The Kier molecular flexibility index (Phi) is 8.31. The zero-order chi connectivity index (χ0) is 25.8. The van der Waals surface area contributed by atoms with Crippen molar-refractivity contribution in [2.24, 2.45) is 0 Å². The van der Waals surface area contributed by atoms with Gasteiger partial charge in [-0.25, -0.2) is 8.42 Å². The zero-order valence-electron chi connectivity index (χ0n) is 20.0. The van der Waals surface area contributed by atoms with E-state index in [1.54, 1.807) is 26.0 Å². The molecule has 1 atom stereocenters. The molecule has 0 aromatic heterocycles. The first-order valence-corrected chi connectivity index (χ1v) is 12.8. The monoisotopic (exact) mass is 502 g/mol. The second-order valence-electron chi connectivity index (χ2n) is 8.04. The van der Waals surface area contributed by atoms with Crippen LogP contribution in [0.15, 0.2) is 59.0 Å². The first kappa shape index (κ1) is 26.4. The number of Topliss-reactive ketones (excluding diaryl/α,β-unsaturated/α-hetero) is 1. The van der Waals surface area contributed by atoms with E-state index in [-0.39, 0.29) is 28.3 Å². The number of hydrogen-bond donors (Lipinski definition) is 2. The number of rotatable bonds is 10. The molecule has 0 bridgehead atoms. The molecule has 1 heterocycles. The van der Waals surface area contributed by atoms with E-state index in [4.69, 9.17) is 4.74 Å². The van der Waals surface area contributed by atoms with Crippen LogP contribution in [0, 0.1) is 0 Å². The quantitative estimate of drug-likeness (QED) is 0.222. The number of aliphatic hydroxyl groups excluding tert-OH is 1. The predicted octanol–water partition coefficient (Wildman–Crippen LogP) is 2.88. The normalized spacial score (nSPS) is 17.9. The molecular weight excluding hydrogens is 472 g/mol. The molecule has 1 unspecified atom stereocenters. The fourth-order valence-corrected chi connectivity index (χ4v) is 5.60. The molecule has 1 aliphatic heterocycles. The van der Waals surface area contributed by atoms with Crippen LogP contribution in [0.1, 0.15) is 37.4 Å². The molecular formula is C25H30N2O7S. The molecule has 0 saturated carbocycles. The summed E-state index contributed by atoms with van der Waals surface area (Å²) in [6.07, 6.45) is 0.482. The Bertz CT molecular complexity index is 1200. The number of benzene rings is 2. The maximum Gasteiger partial charge on any atom is 0.295 e. The lowest BCUT2D eigenvalue weighted by Crippen LogP contribution is -2.31. The summed E-state index contributed by atoms with van der Waals surface area (Å²) < 4.78 is 31.9. The van der Waals surface area contributed by atoms with Gasteiger partial charge in [-0.2, -0.15) is 4.31 Å². The SMILES string of the molecule is CCN(CC)S(=O)(=O)c1ccc(C(O)=C2C(=O)C(=O)N(CCCOC)C2c2ccc(O)cc2)cc1. The molecule has 35 heavy (non-hydrogen) atoms. The van der Waals surface area contributed by atoms with Crippen LogP contribution in [-0.2, 0) is 24.3 Å². The van der Waals surface area contributed by atoms with Gasteiger partial charge >= 0.3 is 0 Å². The van der Waals surface area contributed by atoms with Gasteiger partial charge in [0.1, 0.15) is 11.5 Å². The molecule has 0 radical (unpaired) electrons. The van der Waals surface area contributed by atoms with Gasteiger partial charge < -0.3 is 19.8 Å². The second-order valence-corrected chi connectivity index (χ2v) is 9.98. The summed E-state index contributed by atoms with van der Waals surface area (Å²) in [7, 11) is -2.15. The molecule has 1 fully saturated rings. The Morgan fingerprint density at radius 1 is 1.03 bits per heavy atom. The number of phenols is 1. The van der Waals surface area contributed by atoms with Gasteiger partial charge in [0.05, 0.1) is 16.5 Å². The van der Waals surface area contributed by atoms with E-state index < -0.39 is 33.5 Å². The Hall–Kier alpha value is -3.21. The Labute approximate surface area is 205 Å². The summed E-state index contributed by atoms with van der Waals surface area (Å²) in [5.74, 6) is -1.96. The number of carbonyl (C=O) groups excluding carboxylic acids is 2. The third kappa shape index (κ3) is 5.24. The van der Waals surface area contributed by atoms with Crippen LogP contribution in [0.3, 0.4) is 0 Å². The van der Waals surface area contributed by atoms with Crippen LogP contribution in [0.2, 0.25) is 0 Å². The number of likely N-dealkylation sites (tertiary alicyclic amines) is 1. The van der Waals surface area contributed by atoms with Crippen molar-refractivity contribution in [3.05, 3.63) is 65.2 Å². The maximum absolute atomic E-state index is 13.0. The average Bonchev–Trinajstić information content (AvgIpc) is 3.10. The Morgan fingerprint density at radius 3 is 2.17 bits per heavy atom. The van der Waals surface area contributed by atoms with E-state index in [1.807, 2.05) is 0 Å². The van der Waals surface area contributed by atoms with Crippen molar-refractivity contribution >= 4 is 27.5 Å². The lowest BCUT2D eigenvalue weighted by molar-refractivity contribution is -0.140. The summed E-state index contributed by atoms with van der Waals surface area (Å²) >= 11 is 0. The van der Waals surface area contributed by atoms with Gasteiger partial charge in [-0.05, 0) is 48.4 Å². The lowest BCUT2D eigenvalue weighted by Gasteiger charge is -2.25. The van der Waals surface area contributed by atoms with Crippen LogP contribution in [-0.4, -0.2) is 72.9 Å². The van der Waals surface area contributed by atoms with Crippen molar-refractivity contribution in [3.63, 3.8) is 0 Å². The smallest absolute Gasteiger partial charge is 0.295 e. The number of amides is 1. The highest BCUT2D eigenvalue weighted by molar-refractivity contribution is 7.89. The molecule has 3 rings (SSSR count). The minimum Gasteiger partial charge on any atom is -0.508 e. The van der Waals surface area contributed by atoms with Crippen LogP contribution >= 0.6 is 0 Å². The number of phenolic OH excluding ortho intramolecular Hbond substituents is 1. The van der Waals surface area contributed by atoms with Gasteiger partial charge in [0, 0.05) is 38.9 Å². The number of ether oxygens (including phenoxy) is 1. The predicted molar refractivity (Wildman–Crippen MR) is 130 cm³/mol. The summed E-state index contributed by atoms with van der Waals surface area (Å²) in [4.78, 5) is 27.3. The summed E-state index contributed by atoms with van der Waals surface area (Å²) in [6, 6.07) is 10.8. The number of methoxy groups -OCH3 is 1. The summed E-state index contributed by atoms with van der Waals surface area (Å²) in [6.45, 7) is 4.74. The van der Waals surface area contributed by atoms with E-state index >= 15 is 0 Å². The number of aliphatic hydroxyl groups is 1. The van der Waals surface area contributed by atoms with E-state index in [1.165, 1.54) is 52.7 Å². The average molecular weight is 503 g/mol. The summed E-state index contributed by atoms with van der Waals surface area (Å²) in [5.41, 5.74) is 0.654. The van der Waals surface area contributed by atoms with Crippen molar-refractivity contribution in [2.45, 2.75) is 31.2 Å². The first-order chi connectivity index (χ1) is 16.7. The van der Waals surface area contributed by atoms with Crippen LogP contribution in [0.5, 0.6) is 5.75 Å². The molecule has 1 aliphatic rings. The molecule has 0 aliphatic carbocycles. The third-order valence-electron chi connectivity index (χ3n) is 5.97. The molecule has 10 heteroatoms. The molecule has 1 saturated heterocycles. The highest BCUT2D eigenvalue weighted by Gasteiger charge is 2.45. The number of nitrogens with zero attached hydrogens (tertiary/aromatic N) is 2.